The highest BCUT2D eigenvalue weighted by molar-refractivity contribution is 6.74. The molecule has 0 spiro atoms. The van der Waals surface area contributed by atoms with Gasteiger partial charge in [0.05, 0.1) is 16.7 Å². The van der Waals surface area contributed by atoms with Gasteiger partial charge in [0.1, 0.15) is 0 Å². The van der Waals surface area contributed by atoms with Gasteiger partial charge in [-0.1, -0.05) is 27.7 Å². The molecule has 0 radical (unpaired) electrons. The fourth-order valence-electron chi connectivity index (χ4n) is 2.84. The SMILES string of the molecule is CCC(C)(O[Si](CC)(CC)CC)B1OC(C)(C)C(C)(C)O1. The molecular formula is C16H35BO3Si. The summed E-state index contributed by atoms with van der Waals surface area (Å²) in [6, 6.07) is 3.44. The van der Waals surface area contributed by atoms with Crippen molar-refractivity contribution in [2.75, 3.05) is 0 Å². The standard InChI is InChI=1S/C16H35BO3Si/c1-10-16(9,20-21(11-2,12-3)13-4)17-18-14(5,6)15(7,8)19-17/h10-13H2,1-9H3. The molecule has 124 valence electrons. The number of hydrogen-bond acceptors (Lipinski definition) is 3. The van der Waals surface area contributed by atoms with Crippen molar-refractivity contribution in [1.82, 2.24) is 0 Å². The van der Waals surface area contributed by atoms with Crippen LogP contribution in [-0.4, -0.2) is 32.1 Å². The molecule has 1 unspecified atom stereocenters. The molecule has 0 aromatic carbocycles. The second kappa shape index (κ2) is 6.34. The lowest BCUT2D eigenvalue weighted by molar-refractivity contribution is 0.00578. The average molecular weight is 314 g/mol. The van der Waals surface area contributed by atoms with E-state index in [0.717, 1.165) is 24.6 Å². The van der Waals surface area contributed by atoms with Gasteiger partial charge < -0.3 is 13.7 Å². The van der Waals surface area contributed by atoms with Gasteiger partial charge in [0.25, 0.3) is 0 Å². The second-order valence-corrected chi connectivity index (χ2v) is 12.3. The molecule has 21 heavy (non-hydrogen) atoms. The van der Waals surface area contributed by atoms with Crippen LogP contribution in [0.15, 0.2) is 0 Å². The fraction of sp³-hybridized carbons (Fsp3) is 1.00. The zero-order chi connectivity index (χ0) is 16.5. The van der Waals surface area contributed by atoms with Gasteiger partial charge in [0, 0.05) is 0 Å². The van der Waals surface area contributed by atoms with Crippen LogP contribution in [-0.2, 0) is 13.7 Å². The fourth-order valence-corrected chi connectivity index (χ4v) is 6.00. The second-order valence-electron chi connectivity index (χ2n) is 7.60. The zero-order valence-electron chi connectivity index (χ0n) is 15.6. The summed E-state index contributed by atoms with van der Waals surface area (Å²) in [5.74, 6) is 0. The Morgan fingerprint density at radius 1 is 0.905 bits per heavy atom. The third kappa shape index (κ3) is 3.57. The molecule has 0 aromatic rings. The third-order valence-electron chi connectivity index (χ3n) is 5.84. The van der Waals surface area contributed by atoms with Crippen LogP contribution in [0.4, 0.5) is 0 Å². The van der Waals surface area contributed by atoms with E-state index in [4.69, 9.17) is 13.7 Å². The van der Waals surface area contributed by atoms with Crippen LogP contribution in [0, 0.1) is 0 Å². The van der Waals surface area contributed by atoms with E-state index in [-0.39, 0.29) is 23.8 Å². The number of rotatable bonds is 7. The molecule has 1 aliphatic heterocycles. The molecule has 1 rings (SSSR count). The summed E-state index contributed by atoms with van der Waals surface area (Å²) in [5, 5.41) is 0. The Balaban J connectivity index is 3.01. The molecule has 1 saturated heterocycles. The summed E-state index contributed by atoms with van der Waals surface area (Å²) in [6.45, 7) is 19.5. The Kier molecular flexibility index (Phi) is 5.80. The summed E-state index contributed by atoms with van der Waals surface area (Å²) in [5.41, 5.74) is -0.960. The van der Waals surface area contributed by atoms with Crippen LogP contribution in [0.2, 0.25) is 18.1 Å². The molecule has 0 aliphatic carbocycles. The first kappa shape index (κ1) is 19.2. The summed E-state index contributed by atoms with van der Waals surface area (Å²) < 4.78 is 19.3. The maximum absolute atomic E-state index is 6.78. The monoisotopic (exact) mass is 314 g/mol. The Morgan fingerprint density at radius 2 is 1.29 bits per heavy atom. The molecule has 0 saturated carbocycles. The topological polar surface area (TPSA) is 27.7 Å². The molecular weight excluding hydrogens is 279 g/mol. The lowest BCUT2D eigenvalue weighted by Gasteiger charge is -2.40. The predicted octanol–water partition coefficient (Wildman–Crippen LogP) is 4.81. The van der Waals surface area contributed by atoms with Crippen molar-refractivity contribution in [3.8, 4) is 0 Å². The normalized spacial score (nSPS) is 24.1. The Bertz CT molecular complexity index is 331. The van der Waals surface area contributed by atoms with Gasteiger partial charge in [-0.25, -0.2) is 0 Å². The molecule has 1 aliphatic rings. The van der Waals surface area contributed by atoms with E-state index in [0.29, 0.717) is 0 Å². The van der Waals surface area contributed by atoms with Crippen molar-refractivity contribution in [1.29, 1.82) is 0 Å². The van der Waals surface area contributed by atoms with E-state index < -0.39 is 8.32 Å². The summed E-state index contributed by atoms with van der Waals surface area (Å²) in [4.78, 5) is 0. The van der Waals surface area contributed by atoms with Crippen molar-refractivity contribution in [3.05, 3.63) is 0 Å². The molecule has 0 aromatic heterocycles. The zero-order valence-corrected chi connectivity index (χ0v) is 16.6. The minimum atomic E-state index is -1.69. The average Bonchev–Trinajstić information content (AvgIpc) is 2.65. The van der Waals surface area contributed by atoms with Crippen LogP contribution in [0.3, 0.4) is 0 Å². The maximum atomic E-state index is 6.78. The van der Waals surface area contributed by atoms with Crippen molar-refractivity contribution >= 4 is 15.4 Å². The molecule has 3 nitrogen and oxygen atoms in total. The number of hydrogen-bond donors (Lipinski definition) is 0. The van der Waals surface area contributed by atoms with Gasteiger partial charge in [-0.3, -0.25) is 0 Å². The summed E-state index contributed by atoms with van der Waals surface area (Å²) in [6.07, 6.45) is 0.901. The van der Waals surface area contributed by atoms with Crippen LogP contribution in [0.1, 0.15) is 68.7 Å². The van der Waals surface area contributed by atoms with Crippen molar-refractivity contribution in [2.45, 2.75) is 104 Å². The lowest BCUT2D eigenvalue weighted by atomic mass is 9.67. The largest absolute Gasteiger partial charge is 0.490 e. The summed E-state index contributed by atoms with van der Waals surface area (Å²) >= 11 is 0. The molecule has 1 atom stereocenters. The van der Waals surface area contributed by atoms with E-state index in [1.54, 1.807) is 0 Å². The first-order valence-corrected chi connectivity index (χ1v) is 11.1. The quantitative estimate of drug-likeness (QED) is 0.631. The first-order valence-electron chi connectivity index (χ1n) is 8.57. The van der Waals surface area contributed by atoms with E-state index in [2.05, 4.69) is 62.3 Å². The Morgan fingerprint density at radius 3 is 1.57 bits per heavy atom. The molecule has 5 heteroatoms. The van der Waals surface area contributed by atoms with E-state index in [1.807, 2.05) is 0 Å². The van der Waals surface area contributed by atoms with Crippen molar-refractivity contribution < 1.29 is 13.7 Å². The molecule has 1 fully saturated rings. The predicted molar refractivity (Wildman–Crippen MR) is 93.1 cm³/mol. The maximum Gasteiger partial charge on any atom is 0.490 e. The third-order valence-corrected chi connectivity index (χ3v) is 10.6. The lowest BCUT2D eigenvalue weighted by Crippen LogP contribution is -2.55. The minimum absolute atomic E-state index is 0.288. The van der Waals surface area contributed by atoms with E-state index in [9.17, 15) is 0 Å². The Labute approximate surface area is 133 Å². The van der Waals surface area contributed by atoms with Crippen LogP contribution in [0.25, 0.3) is 0 Å². The minimum Gasteiger partial charge on any atom is -0.413 e. The molecule has 0 amide bonds. The Hall–Kier alpha value is 0.162. The van der Waals surface area contributed by atoms with Crippen LogP contribution >= 0.6 is 0 Å². The first-order chi connectivity index (χ1) is 9.51. The smallest absolute Gasteiger partial charge is 0.413 e. The highest BCUT2D eigenvalue weighted by atomic mass is 28.4. The van der Waals surface area contributed by atoms with Gasteiger partial charge in [-0.15, -0.1) is 0 Å². The highest BCUT2D eigenvalue weighted by Crippen LogP contribution is 2.43. The highest BCUT2D eigenvalue weighted by Gasteiger charge is 2.59. The van der Waals surface area contributed by atoms with Gasteiger partial charge in [0.2, 0.25) is 0 Å². The van der Waals surface area contributed by atoms with Crippen molar-refractivity contribution in [2.24, 2.45) is 0 Å². The van der Waals surface area contributed by atoms with E-state index in [1.165, 1.54) is 0 Å². The molecule has 1 heterocycles. The molecule has 0 bridgehead atoms. The van der Waals surface area contributed by atoms with Gasteiger partial charge in [0.15, 0.2) is 8.32 Å². The molecule has 0 N–H and O–H groups in total. The van der Waals surface area contributed by atoms with Crippen molar-refractivity contribution in [3.63, 3.8) is 0 Å². The van der Waals surface area contributed by atoms with Crippen LogP contribution < -0.4 is 0 Å². The van der Waals surface area contributed by atoms with Gasteiger partial charge in [-0.05, 0) is 59.2 Å². The van der Waals surface area contributed by atoms with E-state index >= 15 is 0 Å². The van der Waals surface area contributed by atoms with Gasteiger partial charge >= 0.3 is 7.12 Å². The van der Waals surface area contributed by atoms with Crippen LogP contribution in [0.5, 0.6) is 0 Å². The van der Waals surface area contributed by atoms with Gasteiger partial charge in [-0.2, -0.15) is 0 Å². The summed E-state index contributed by atoms with van der Waals surface area (Å²) in [7, 11) is -1.98.